The molecule has 1 heterocycles. The molecule has 1 aromatic rings. The van der Waals surface area contributed by atoms with Crippen LogP contribution in [0.1, 0.15) is 23.2 Å². The molecule has 4 nitrogen and oxygen atoms in total. The molecule has 0 fully saturated rings. The van der Waals surface area contributed by atoms with Gasteiger partial charge in [0.25, 0.3) is 12.0 Å². The molecule has 15 heavy (non-hydrogen) atoms. The minimum absolute atomic E-state index is 0.102. The second kappa shape index (κ2) is 4.66. The standard InChI is InChI=1S/C9H9F2N3O/c10-8(11)7-6(4-13)3-5(1-2-12)9(15)14-7/h3,8H,1,4,13H2,(H,14,15). The van der Waals surface area contributed by atoms with E-state index in [1.54, 1.807) is 6.07 Å². The van der Waals surface area contributed by atoms with Crippen molar-refractivity contribution in [2.45, 2.75) is 19.4 Å². The minimum atomic E-state index is -2.77. The highest BCUT2D eigenvalue weighted by Crippen LogP contribution is 2.19. The number of nitrogens with two attached hydrogens (primary N) is 1. The Balaban J connectivity index is 3.30. The van der Waals surface area contributed by atoms with Gasteiger partial charge in [0.05, 0.1) is 18.2 Å². The molecule has 6 heteroatoms. The Morgan fingerprint density at radius 3 is 2.67 bits per heavy atom. The fourth-order valence-corrected chi connectivity index (χ4v) is 1.22. The van der Waals surface area contributed by atoms with Gasteiger partial charge < -0.3 is 10.7 Å². The zero-order chi connectivity index (χ0) is 11.4. The summed E-state index contributed by atoms with van der Waals surface area (Å²) < 4.78 is 24.8. The van der Waals surface area contributed by atoms with Crippen molar-refractivity contribution in [3.63, 3.8) is 0 Å². The van der Waals surface area contributed by atoms with Gasteiger partial charge in [0, 0.05) is 12.1 Å². The summed E-state index contributed by atoms with van der Waals surface area (Å²) in [6.07, 6.45) is -2.89. The van der Waals surface area contributed by atoms with E-state index < -0.39 is 17.7 Å². The second-order valence-electron chi connectivity index (χ2n) is 2.90. The number of hydrogen-bond acceptors (Lipinski definition) is 3. The number of aromatic amines is 1. The van der Waals surface area contributed by atoms with Gasteiger partial charge in [0.1, 0.15) is 0 Å². The van der Waals surface area contributed by atoms with Gasteiger partial charge in [-0.3, -0.25) is 4.79 Å². The molecular weight excluding hydrogens is 204 g/mol. The predicted molar refractivity (Wildman–Crippen MR) is 49.2 cm³/mol. The van der Waals surface area contributed by atoms with Crippen LogP contribution in [0.15, 0.2) is 10.9 Å². The molecule has 0 amide bonds. The SMILES string of the molecule is N#CCc1cc(CN)c(C(F)F)[nH]c1=O. The summed E-state index contributed by atoms with van der Waals surface area (Å²) >= 11 is 0. The number of rotatable bonds is 3. The Kier molecular flexibility index (Phi) is 3.52. The number of nitrogens with one attached hydrogen (secondary N) is 1. The molecule has 0 aliphatic carbocycles. The summed E-state index contributed by atoms with van der Waals surface area (Å²) in [5.74, 6) is 0. The van der Waals surface area contributed by atoms with Crippen molar-refractivity contribution >= 4 is 0 Å². The van der Waals surface area contributed by atoms with Gasteiger partial charge in [-0.05, 0) is 11.6 Å². The Bertz CT molecular complexity index is 448. The van der Waals surface area contributed by atoms with Crippen LogP contribution >= 0.6 is 0 Å². The van der Waals surface area contributed by atoms with E-state index in [2.05, 4.69) is 0 Å². The summed E-state index contributed by atoms with van der Waals surface area (Å²) in [5, 5.41) is 8.40. The minimum Gasteiger partial charge on any atom is -0.326 e. The first-order valence-corrected chi connectivity index (χ1v) is 4.20. The number of nitriles is 1. The molecule has 0 saturated carbocycles. The largest absolute Gasteiger partial charge is 0.326 e. The molecule has 1 rings (SSSR count). The number of pyridine rings is 1. The van der Waals surface area contributed by atoms with Crippen molar-refractivity contribution in [3.8, 4) is 6.07 Å². The molecule has 0 aliphatic heterocycles. The molecule has 0 atom stereocenters. The van der Waals surface area contributed by atoms with E-state index in [0.717, 1.165) is 0 Å². The third-order valence-electron chi connectivity index (χ3n) is 1.94. The van der Waals surface area contributed by atoms with Crippen LogP contribution in [0.3, 0.4) is 0 Å². The molecular formula is C9H9F2N3O. The van der Waals surface area contributed by atoms with Crippen LogP contribution in [-0.4, -0.2) is 4.98 Å². The Hall–Kier alpha value is -1.74. The summed E-state index contributed by atoms with van der Waals surface area (Å²) in [5.41, 5.74) is 4.45. The van der Waals surface area contributed by atoms with Crippen LogP contribution in [0.2, 0.25) is 0 Å². The highest BCUT2D eigenvalue weighted by Gasteiger charge is 2.15. The first kappa shape index (κ1) is 11.3. The van der Waals surface area contributed by atoms with Crippen molar-refractivity contribution in [2.24, 2.45) is 5.73 Å². The van der Waals surface area contributed by atoms with E-state index in [1.807, 2.05) is 4.98 Å². The molecule has 1 aromatic heterocycles. The quantitative estimate of drug-likeness (QED) is 0.780. The monoisotopic (exact) mass is 213 g/mol. The first-order chi connectivity index (χ1) is 7.10. The molecule has 0 saturated heterocycles. The Labute approximate surface area is 84.3 Å². The first-order valence-electron chi connectivity index (χ1n) is 4.20. The lowest BCUT2D eigenvalue weighted by Gasteiger charge is -2.07. The van der Waals surface area contributed by atoms with Crippen LogP contribution in [0.25, 0.3) is 0 Å². The molecule has 0 radical (unpaired) electrons. The van der Waals surface area contributed by atoms with Crippen LogP contribution < -0.4 is 11.3 Å². The van der Waals surface area contributed by atoms with Gasteiger partial charge in [-0.15, -0.1) is 0 Å². The number of aromatic nitrogens is 1. The lowest BCUT2D eigenvalue weighted by molar-refractivity contribution is 0.144. The molecule has 80 valence electrons. The summed E-state index contributed by atoms with van der Waals surface area (Å²) in [4.78, 5) is 13.3. The van der Waals surface area contributed by atoms with E-state index >= 15 is 0 Å². The lowest BCUT2D eigenvalue weighted by atomic mass is 10.1. The average Bonchev–Trinajstić information content (AvgIpc) is 2.20. The number of alkyl halides is 2. The summed E-state index contributed by atoms with van der Waals surface area (Å²) in [6, 6.07) is 3.03. The fourth-order valence-electron chi connectivity index (χ4n) is 1.22. The van der Waals surface area contributed by atoms with E-state index in [-0.39, 0.29) is 24.1 Å². The predicted octanol–water partition coefficient (Wildman–Crippen LogP) is 0.837. The van der Waals surface area contributed by atoms with Crippen molar-refractivity contribution in [3.05, 3.63) is 33.2 Å². The van der Waals surface area contributed by atoms with Gasteiger partial charge in [0.15, 0.2) is 0 Å². The number of halogens is 2. The maximum Gasteiger partial charge on any atom is 0.278 e. The maximum atomic E-state index is 12.4. The van der Waals surface area contributed by atoms with Crippen molar-refractivity contribution in [2.75, 3.05) is 0 Å². The summed E-state index contributed by atoms with van der Waals surface area (Å²) in [6.45, 7) is -0.102. The van der Waals surface area contributed by atoms with Crippen molar-refractivity contribution in [1.29, 1.82) is 5.26 Å². The van der Waals surface area contributed by atoms with Crippen LogP contribution in [0.4, 0.5) is 8.78 Å². The summed E-state index contributed by atoms with van der Waals surface area (Å²) in [7, 11) is 0. The Morgan fingerprint density at radius 1 is 1.53 bits per heavy atom. The van der Waals surface area contributed by atoms with Crippen LogP contribution in [0, 0.1) is 11.3 Å². The van der Waals surface area contributed by atoms with Gasteiger partial charge in [-0.25, -0.2) is 8.78 Å². The van der Waals surface area contributed by atoms with Crippen LogP contribution in [0.5, 0.6) is 0 Å². The third-order valence-corrected chi connectivity index (χ3v) is 1.94. The van der Waals surface area contributed by atoms with E-state index in [0.29, 0.717) is 0 Å². The molecule has 0 aliphatic rings. The van der Waals surface area contributed by atoms with Crippen molar-refractivity contribution in [1.82, 2.24) is 4.98 Å². The molecule has 0 aromatic carbocycles. The normalized spacial score (nSPS) is 10.3. The number of nitrogens with zero attached hydrogens (tertiary/aromatic N) is 1. The van der Waals surface area contributed by atoms with E-state index in [1.165, 1.54) is 6.07 Å². The van der Waals surface area contributed by atoms with Crippen molar-refractivity contribution < 1.29 is 8.78 Å². The molecule has 0 bridgehead atoms. The highest BCUT2D eigenvalue weighted by atomic mass is 19.3. The zero-order valence-electron chi connectivity index (χ0n) is 7.76. The fraction of sp³-hybridized carbons (Fsp3) is 0.333. The number of hydrogen-bond donors (Lipinski definition) is 2. The molecule has 0 unspecified atom stereocenters. The van der Waals surface area contributed by atoms with Gasteiger partial charge in [0.2, 0.25) is 0 Å². The van der Waals surface area contributed by atoms with Gasteiger partial charge in [-0.1, -0.05) is 0 Å². The van der Waals surface area contributed by atoms with Gasteiger partial charge >= 0.3 is 0 Å². The zero-order valence-corrected chi connectivity index (χ0v) is 7.76. The second-order valence-corrected chi connectivity index (χ2v) is 2.90. The highest BCUT2D eigenvalue weighted by molar-refractivity contribution is 5.27. The molecule has 0 spiro atoms. The van der Waals surface area contributed by atoms with E-state index in [4.69, 9.17) is 11.0 Å². The average molecular weight is 213 g/mol. The van der Waals surface area contributed by atoms with E-state index in [9.17, 15) is 13.6 Å². The van der Waals surface area contributed by atoms with Gasteiger partial charge in [-0.2, -0.15) is 5.26 Å². The smallest absolute Gasteiger partial charge is 0.278 e. The maximum absolute atomic E-state index is 12.4. The Morgan fingerprint density at radius 2 is 2.20 bits per heavy atom. The topological polar surface area (TPSA) is 82.7 Å². The lowest BCUT2D eigenvalue weighted by Crippen LogP contribution is -2.18. The van der Waals surface area contributed by atoms with Crippen LogP contribution in [-0.2, 0) is 13.0 Å². The third kappa shape index (κ3) is 2.39. The molecule has 3 N–H and O–H groups in total. The number of H-pyrrole nitrogens is 1.